The minimum Gasteiger partial charge on any atom is -0.756 e. The number of likely N-dealkylation sites (N-methyl/N-ethyl adjacent to an activating group) is 1. The maximum absolute atomic E-state index is 12.8. The van der Waals surface area contributed by atoms with Crippen LogP contribution in [0.4, 0.5) is 0 Å². The smallest absolute Gasteiger partial charge is 0.268 e. The molecule has 0 aliphatic heterocycles. The number of hydrogen-bond donors (Lipinski definition) is 2. The highest BCUT2D eigenvalue weighted by molar-refractivity contribution is 7.45. The molecular formula is C44H79N2O6P. The highest BCUT2D eigenvalue weighted by Crippen LogP contribution is 2.38. The second-order valence-corrected chi connectivity index (χ2v) is 16.3. The number of nitrogens with zero attached hydrogens (tertiary/aromatic N) is 1. The van der Waals surface area contributed by atoms with E-state index < -0.39 is 26.6 Å². The quantitative estimate of drug-likeness (QED) is 0.0285. The number of carbonyl (C=O) groups excluding carboxylic acids is 1. The fraction of sp³-hybridized carbons (Fsp3) is 0.705. The predicted molar refractivity (Wildman–Crippen MR) is 223 cm³/mol. The summed E-state index contributed by atoms with van der Waals surface area (Å²) in [4.78, 5) is 25.2. The fourth-order valence-electron chi connectivity index (χ4n) is 5.31. The minimum atomic E-state index is -4.60. The molecular weight excluding hydrogens is 683 g/mol. The molecule has 1 amide bonds. The Balaban J connectivity index is 4.61. The molecule has 3 atom stereocenters. The lowest BCUT2D eigenvalue weighted by Crippen LogP contribution is -2.45. The number of hydrogen-bond acceptors (Lipinski definition) is 6. The van der Waals surface area contributed by atoms with Crippen LogP contribution in [0.25, 0.3) is 0 Å². The second kappa shape index (κ2) is 35.6. The van der Waals surface area contributed by atoms with Gasteiger partial charge in [-0.2, -0.15) is 0 Å². The van der Waals surface area contributed by atoms with E-state index in [1.54, 1.807) is 6.08 Å². The Kier molecular flexibility index (Phi) is 34.2. The normalized spacial score (nSPS) is 15.2. The van der Waals surface area contributed by atoms with Gasteiger partial charge in [-0.25, -0.2) is 0 Å². The zero-order valence-electron chi connectivity index (χ0n) is 34.4. The first-order valence-corrected chi connectivity index (χ1v) is 22.3. The van der Waals surface area contributed by atoms with Crippen LogP contribution >= 0.6 is 7.82 Å². The number of aliphatic hydroxyl groups excluding tert-OH is 1. The summed E-state index contributed by atoms with van der Waals surface area (Å²) in [6.07, 6.45) is 46.6. The van der Waals surface area contributed by atoms with E-state index in [1.165, 1.54) is 44.9 Å². The molecule has 53 heavy (non-hydrogen) atoms. The van der Waals surface area contributed by atoms with Crippen LogP contribution in [0.5, 0.6) is 0 Å². The van der Waals surface area contributed by atoms with E-state index >= 15 is 0 Å². The maximum atomic E-state index is 12.8. The summed E-state index contributed by atoms with van der Waals surface area (Å²) in [7, 11) is 1.21. The molecule has 0 heterocycles. The van der Waals surface area contributed by atoms with Gasteiger partial charge in [-0.3, -0.25) is 9.36 Å². The van der Waals surface area contributed by atoms with Gasteiger partial charge in [0.1, 0.15) is 13.2 Å². The first-order chi connectivity index (χ1) is 25.5. The topological polar surface area (TPSA) is 108 Å². The Morgan fingerprint density at radius 1 is 0.679 bits per heavy atom. The van der Waals surface area contributed by atoms with Crippen LogP contribution in [0.15, 0.2) is 72.9 Å². The molecule has 0 spiro atoms. The van der Waals surface area contributed by atoms with E-state index in [2.05, 4.69) is 79.9 Å². The Hall–Kier alpha value is -2.06. The number of carbonyl (C=O) groups is 1. The van der Waals surface area contributed by atoms with Gasteiger partial charge in [-0.15, -0.1) is 0 Å². The molecule has 0 bridgehead atoms. The number of allylic oxidation sites excluding steroid dienone is 11. The molecule has 2 N–H and O–H groups in total. The molecule has 3 unspecified atom stereocenters. The SMILES string of the molecule is CC/C=C\C/C=C\C/C=C\CCCCCCCC(=O)NC(COP(=O)([O-])OCC[N+](C)(C)C)C(O)/C=C/CC/C=C/CC/C=C/CCCCCCCC. The first-order valence-electron chi connectivity index (χ1n) is 20.8. The highest BCUT2D eigenvalue weighted by atomic mass is 31.2. The molecule has 0 aliphatic rings. The molecule has 0 saturated carbocycles. The highest BCUT2D eigenvalue weighted by Gasteiger charge is 2.23. The summed E-state index contributed by atoms with van der Waals surface area (Å²) in [5.74, 6) is -0.233. The van der Waals surface area contributed by atoms with Crippen molar-refractivity contribution >= 4 is 13.7 Å². The number of amides is 1. The van der Waals surface area contributed by atoms with Gasteiger partial charge in [0.25, 0.3) is 7.82 Å². The van der Waals surface area contributed by atoms with Crippen molar-refractivity contribution in [1.29, 1.82) is 0 Å². The monoisotopic (exact) mass is 763 g/mol. The number of rotatable bonds is 36. The minimum absolute atomic E-state index is 0.0163. The average Bonchev–Trinajstić information content (AvgIpc) is 3.10. The molecule has 0 aromatic carbocycles. The molecule has 0 saturated heterocycles. The van der Waals surface area contributed by atoms with Crippen molar-refractivity contribution < 1.29 is 32.9 Å². The zero-order valence-corrected chi connectivity index (χ0v) is 35.3. The van der Waals surface area contributed by atoms with Crippen molar-refractivity contribution in [3.8, 4) is 0 Å². The Bertz CT molecular complexity index is 1090. The summed E-state index contributed by atoms with van der Waals surface area (Å²) < 4.78 is 23.1. The molecule has 306 valence electrons. The third-order valence-corrected chi connectivity index (χ3v) is 9.59. The van der Waals surface area contributed by atoms with E-state index in [4.69, 9.17) is 9.05 Å². The summed E-state index contributed by atoms with van der Waals surface area (Å²) in [5, 5.41) is 13.7. The van der Waals surface area contributed by atoms with Crippen LogP contribution in [-0.2, 0) is 18.4 Å². The number of aliphatic hydroxyl groups is 1. The number of phosphoric ester groups is 1. The summed E-state index contributed by atoms with van der Waals surface area (Å²) >= 11 is 0. The molecule has 9 heteroatoms. The third kappa shape index (κ3) is 38.0. The van der Waals surface area contributed by atoms with Crippen LogP contribution < -0.4 is 10.2 Å². The first kappa shape index (κ1) is 50.9. The van der Waals surface area contributed by atoms with Gasteiger partial charge in [0.05, 0.1) is 39.9 Å². The van der Waals surface area contributed by atoms with Gasteiger partial charge in [-0.1, -0.05) is 138 Å². The van der Waals surface area contributed by atoms with Gasteiger partial charge < -0.3 is 28.8 Å². The van der Waals surface area contributed by atoms with Crippen molar-refractivity contribution in [2.75, 3.05) is 40.9 Å². The molecule has 0 aliphatic carbocycles. The van der Waals surface area contributed by atoms with Gasteiger partial charge in [-0.05, 0) is 77.0 Å². The molecule has 0 rings (SSSR count). The lowest BCUT2D eigenvalue weighted by atomic mass is 10.1. The Morgan fingerprint density at radius 2 is 1.17 bits per heavy atom. The summed E-state index contributed by atoms with van der Waals surface area (Å²) in [6.45, 7) is 4.45. The molecule has 0 aromatic heterocycles. The molecule has 0 radical (unpaired) electrons. The maximum Gasteiger partial charge on any atom is 0.268 e. The average molecular weight is 763 g/mol. The van der Waals surface area contributed by atoms with Crippen molar-refractivity contribution in [2.45, 2.75) is 161 Å². The fourth-order valence-corrected chi connectivity index (χ4v) is 6.04. The van der Waals surface area contributed by atoms with Crippen LogP contribution in [0.3, 0.4) is 0 Å². The van der Waals surface area contributed by atoms with Crippen LogP contribution in [-0.4, -0.2) is 68.5 Å². The molecule has 8 nitrogen and oxygen atoms in total. The zero-order chi connectivity index (χ0) is 39.3. The van der Waals surface area contributed by atoms with Crippen molar-refractivity contribution in [2.24, 2.45) is 0 Å². The van der Waals surface area contributed by atoms with Crippen LogP contribution in [0, 0.1) is 0 Å². The van der Waals surface area contributed by atoms with E-state index in [0.717, 1.165) is 83.5 Å². The molecule has 0 aromatic rings. The van der Waals surface area contributed by atoms with Gasteiger partial charge in [0.15, 0.2) is 0 Å². The summed E-state index contributed by atoms with van der Waals surface area (Å²) in [6, 6.07) is -0.920. The third-order valence-electron chi connectivity index (χ3n) is 8.63. The standard InChI is InChI=1S/C44H79N2O6P/c1-6-8-10-12-14-16-18-20-22-24-25-27-29-31-33-35-37-43(47)42(41-52-53(49,50)51-40-39-46(3,4)5)45-44(48)38-36-34-32-30-28-26-23-21-19-17-15-13-11-9-7-2/h9,11,15,17,20-23,27,29,35,37,42-43,47H,6-8,10,12-14,16,18-19,24-26,28,30-34,36,38-41H2,1-5H3,(H-,45,48,49,50)/b11-9-,17-15-,22-20+,23-21-,29-27+,37-35+. The van der Waals surface area contributed by atoms with Gasteiger partial charge in [0.2, 0.25) is 5.91 Å². The van der Waals surface area contributed by atoms with Crippen molar-refractivity contribution in [3.05, 3.63) is 72.9 Å². The Morgan fingerprint density at radius 3 is 1.75 bits per heavy atom. The van der Waals surface area contributed by atoms with E-state index in [0.29, 0.717) is 17.4 Å². The van der Waals surface area contributed by atoms with E-state index in [1.807, 2.05) is 27.2 Å². The predicted octanol–water partition coefficient (Wildman–Crippen LogP) is 10.6. The van der Waals surface area contributed by atoms with Gasteiger partial charge >= 0.3 is 0 Å². The molecule has 0 fully saturated rings. The number of nitrogens with one attached hydrogen (secondary N) is 1. The number of quaternary nitrogens is 1. The van der Waals surface area contributed by atoms with E-state index in [-0.39, 0.29) is 12.5 Å². The summed E-state index contributed by atoms with van der Waals surface area (Å²) in [5.41, 5.74) is 0. The van der Waals surface area contributed by atoms with E-state index in [9.17, 15) is 19.4 Å². The van der Waals surface area contributed by atoms with Gasteiger partial charge in [0, 0.05) is 6.42 Å². The largest absolute Gasteiger partial charge is 0.756 e. The number of unbranched alkanes of at least 4 members (excludes halogenated alkanes) is 13. The number of phosphoric acid groups is 1. The van der Waals surface area contributed by atoms with Crippen molar-refractivity contribution in [1.82, 2.24) is 5.32 Å². The van der Waals surface area contributed by atoms with Crippen molar-refractivity contribution in [3.63, 3.8) is 0 Å². The Labute approximate surface area is 325 Å². The lowest BCUT2D eigenvalue weighted by Gasteiger charge is -2.29. The second-order valence-electron chi connectivity index (χ2n) is 14.9. The van der Waals surface area contributed by atoms with Crippen LogP contribution in [0.2, 0.25) is 0 Å². The lowest BCUT2D eigenvalue weighted by molar-refractivity contribution is -0.870. The van der Waals surface area contributed by atoms with Crippen LogP contribution in [0.1, 0.15) is 149 Å².